The second kappa shape index (κ2) is 5.73. The Morgan fingerprint density at radius 1 is 1.39 bits per heavy atom. The highest BCUT2D eigenvalue weighted by molar-refractivity contribution is 5.92. The van der Waals surface area contributed by atoms with Crippen LogP contribution >= 0.6 is 0 Å². The van der Waals surface area contributed by atoms with Crippen molar-refractivity contribution in [3.63, 3.8) is 0 Å². The van der Waals surface area contributed by atoms with Crippen molar-refractivity contribution < 1.29 is 14.1 Å². The lowest BCUT2D eigenvalue weighted by molar-refractivity contribution is -0.0138. The number of nitrogens with zero attached hydrogens (tertiary/aromatic N) is 4. The number of carbonyl (C=O) groups excluding carboxylic acids is 1. The van der Waals surface area contributed by atoms with Gasteiger partial charge in [-0.15, -0.1) is 0 Å². The molecule has 3 atom stereocenters. The molecule has 23 heavy (non-hydrogen) atoms. The standard InChI is InChI=1S/C16H18N4O3/c1-10-18-15(23-19-10)13-8-11-5-7-20(9-14(11)22-13)16(21)12-4-2-3-6-17-12/h2-4,6,11,13-14H,5,7-9H2,1H3/t11-,13+,14+/m0/s1. The van der Waals surface area contributed by atoms with Crippen LogP contribution in [-0.4, -0.2) is 45.1 Å². The first-order valence-electron chi connectivity index (χ1n) is 7.86. The van der Waals surface area contributed by atoms with Gasteiger partial charge in [0.05, 0.1) is 6.10 Å². The second-order valence-electron chi connectivity index (χ2n) is 6.09. The molecule has 2 aromatic heterocycles. The second-order valence-corrected chi connectivity index (χ2v) is 6.09. The van der Waals surface area contributed by atoms with Gasteiger partial charge in [0.1, 0.15) is 11.8 Å². The van der Waals surface area contributed by atoms with Crippen LogP contribution in [0, 0.1) is 12.8 Å². The molecule has 2 aliphatic rings. The number of fused-ring (bicyclic) bond motifs is 1. The van der Waals surface area contributed by atoms with Gasteiger partial charge in [0, 0.05) is 19.3 Å². The van der Waals surface area contributed by atoms with E-state index in [9.17, 15) is 4.79 Å². The van der Waals surface area contributed by atoms with E-state index in [2.05, 4.69) is 15.1 Å². The van der Waals surface area contributed by atoms with E-state index >= 15 is 0 Å². The first-order chi connectivity index (χ1) is 11.2. The number of pyridine rings is 1. The molecule has 0 aromatic carbocycles. The van der Waals surface area contributed by atoms with E-state index in [1.165, 1.54) is 0 Å². The van der Waals surface area contributed by atoms with Crippen LogP contribution in [-0.2, 0) is 4.74 Å². The van der Waals surface area contributed by atoms with Gasteiger partial charge in [-0.05, 0) is 37.8 Å². The minimum atomic E-state index is -0.156. The Balaban J connectivity index is 1.44. The Morgan fingerprint density at radius 3 is 3.04 bits per heavy atom. The SMILES string of the molecule is Cc1noc([C@H]2C[C@@H]3CCN(C(=O)c4ccccn4)C[C@H]3O2)n1. The predicted molar refractivity (Wildman–Crippen MR) is 79.5 cm³/mol. The summed E-state index contributed by atoms with van der Waals surface area (Å²) in [5.74, 6) is 1.55. The summed E-state index contributed by atoms with van der Waals surface area (Å²) in [6, 6.07) is 5.38. The zero-order valence-electron chi connectivity index (χ0n) is 12.9. The third-order valence-electron chi connectivity index (χ3n) is 4.54. The highest BCUT2D eigenvalue weighted by Crippen LogP contribution is 2.40. The molecule has 4 heterocycles. The van der Waals surface area contributed by atoms with Crippen molar-refractivity contribution in [2.45, 2.75) is 32.0 Å². The van der Waals surface area contributed by atoms with E-state index in [4.69, 9.17) is 9.26 Å². The molecule has 2 aromatic rings. The van der Waals surface area contributed by atoms with Crippen molar-refractivity contribution >= 4 is 5.91 Å². The van der Waals surface area contributed by atoms with Gasteiger partial charge >= 0.3 is 0 Å². The van der Waals surface area contributed by atoms with E-state index in [1.807, 2.05) is 11.0 Å². The molecule has 0 saturated carbocycles. The molecule has 0 aliphatic carbocycles. The summed E-state index contributed by atoms with van der Waals surface area (Å²) in [6.45, 7) is 3.11. The summed E-state index contributed by atoms with van der Waals surface area (Å²) in [6.07, 6.45) is 3.30. The summed E-state index contributed by atoms with van der Waals surface area (Å²) in [4.78, 5) is 22.7. The lowest BCUT2D eigenvalue weighted by Gasteiger charge is -2.33. The molecule has 7 nitrogen and oxygen atoms in total. The smallest absolute Gasteiger partial charge is 0.272 e. The van der Waals surface area contributed by atoms with Crippen molar-refractivity contribution in [1.82, 2.24) is 20.0 Å². The molecule has 2 aliphatic heterocycles. The maximum atomic E-state index is 12.5. The fourth-order valence-electron chi connectivity index (χ4n) is 3.37. The van der Waals surface area contributed by atoms with Crippen molar-refractivity contribution in [2.75, 3.05) is 13.1 Å². The predicted octanol–water partition coefficient (Wildman–Crippen LogP) is 1.77. The maximum Gasteiger partial charge on any atom is 0.272 e. The average Bonchev–Trinajstić information content (AvgIpc) is 3.20. The summed E-state index contributed by atoms with van der Waals surface area (Å²) in [5, 5.41) is 3.82. The molecule has 2 fully saturated rings. The minimum absolute atomic E-state index is 0.0219. The first-order valence-corrected chi connectivity index (χ1v) is 7.86. The van der Waals surface area contributed by atoms with Crippen molar-refractivity contribution in [1.29, 1.82) is 0 Å². The van der Waals surface area contributed by atoms with Gasteiger partial charge < -0.3 is 14.2 Å². The summed E-state index contributed by atoms with van der Waals surface area (Å²) in [5.41, 5.74) is 0.480. The van der Waals surface area contributed by atoms with Gasteiger partial charge in [-0.3, -0.25) is 9.78 Å². The van der Waals surface area contributed by atoms with Gasteiger partial charge in [-0.1, -0.05) is 11.2 Å². The Morgan fingerprint density at radius 2 is 2.30 bits per heavy atom. The van der Waals surface area contributed by atoms with Gasteiger partial charge in [-0.25, -0.2) is 0 Å². The van der Waals surface area contributed by atoms with Crippen LogP contribution in [0.15, 0.2) is 28.9 Å². The van der Waals surface area contributed by atoms with Gasteiger partial charge in [-0.2, -0.15) is 4.98 Å². The van der Waals surface area contributed by atoms with Crippen LogP contribution in [0.25, 0.3) is 0 Å². The number of hydrogen-bond donors (Lipinski definition) is 0. The zero-order valence-corrected chi connectivity index (χ0v) is 12.9. The Kier molecular flexibility index (Phi) is 3.57. The van der Waals surface area contributed by atoms with Crippen LogP contribution in [0.2, 0.25) is 0 Å². The Bertz CT molecular complexity index is 702. The van der Waals surface area contributed by atoms with Gasteiger partial charge in [0.15, 0.2) is 5.82 Å². The summed E-state index contributed by atoms with van der Waals surface area (Å²) >= 11 is 0. The third-order valence-corrected chi connectivity index (χ3v) is 4.54. The van der Waals surface area contributed by atoms with Crippen LogP contribution in [0.3, 0.4) is 0 Å². The molecule has 7 heteroatoms. The number of aromatic nitrogens is 3. The molecular weight excluding hydrogens is 296 g/mol. The fourth-order valence-corrected chi connectivity index (χ4v) is 3.37. The number of likely N-dealkylation sites (tertiary alicyclic amines) is 1. The number of amides is 1. The van der Waals surface area contributed by atoms with Crippen LogP contribution < -0.4 is 0 Å². The quantitative estimate of drug-likeness (QED) is 0.840. The average molecular weight is 314 g/mol. The molecule has 0 radical (unpaired) electrons. The summed E-state index contributed by atoms with van der Waals surface area (Å²) in [7, 11) is 0. The van der Waals surface area contributed by atoms with Crippen LogP contribution in [0.1, 0.15) is 41.1 Å². The molecule has 0 bridgehead atoms. The van der Waals surface area contributed by atoms with Crippen molar-refractivity contribution in [3.05, 3.63) is 41.8 Å². The first kappa shape index (κ1) is 14.3. The van der Waals surface area contributed by atoms with Crippen LogP contribution in [0.5, 0.6) is 0 Å². The number of rotatable bonds is 2. The lowest BCUT2D eigenvalue weighted by Crippen LogP contribution is -2.45. The molecule has 4 rings (SSSR count). The largest absolute Gasteiger partial charge is 0.363 e. The topological polar surface area (TPSA) is 81.4 Å². The number of aryl methyl sites for hydroxylation is 1. The molecular formula is C16H18N4O3. The molecule has 2 saturated heterocycles. The monoisotopic (exact) mass is 314 g/mol. The van der Waals surface area contributed by atoms with E-state index < -0.39 is 0 Å². The highest BCUT2D eigenvalue weighted by atomic mass is 16.5. The van der Waals surface area contributed by atoms with E-state index in [0.29, 0.717) is 29.9 Å². The van der Waals surface area contributed by atoms with Crippen LogP contribution in [0.4, 0.5) is 0 Å². The van der Waals surface area contributed by atoms with Gasteiger partial charge in [0.25, 0.3) is 11.8 Å². The van der Waals surface area contributed by atoms with Gasteiger partial charge in [0.2, 0.25) is 0 Å². The van der Waals surface area contributed by atoms with E-state index in [1.54, 1.807) is 25.3 Å². The highest BCUT2D eigenvalue weighted by Gasteiger charge is 2.42. The summed E-state index contributed by atoms with van der Waals surface area (Å²) < 4.78 is 11.3. The molecule has 0 unspecified atom stereocenters. The number of carbonyl (C=O) groups is 1. The van der Waals surface area contributed by atoms with Crippen molar-refractivity contribution in [3.8, 4) is 0 Å². The maximum absolute atomic E-state index is 12.5. The molecule has 1 amide bonds. The number of ether oxygens (including phenoxy) is 1. The van der Waals surface area contributed by atoms with E-state index in [0.717, 1.165) is 19.4 Å². The Hall–Kier alpha value is -2.28. The lowest BCUT2D eigenvalue weighted by atomic mass is 9.91. The molecule has 120 valence electrons. The minimum Gasteiger partial charge on any atom is -0.363 e. The molecule has 0 N–H and O–H groups in total. The van der Waals surface area contributed by atoms with E-state index in [-0.39, 0.29) is 18.1 Å². The fraction of sp³-hybridized carbons (Fsp3) is 0.500. The third kappa shape index (κ3) is 2.72. The molecule has 0 spiro atoms. The normalized spacial score (nSPS) is 27.0. The number of piperidine rings is 1. The van der Waals surface area contributed by atoms with Crippen molar-refractivity contribution in [2.24, 2.45) is 5.92 Å². The zero-order chi connectivity index (χ0) is 15.8. The Labute approximate surface area is 133 Å². The number of hydrogen-bond acceptors (Lipinski definition) is 6.